The van der Waals surface area contributed by atoms with Crippen LogP contribution in [0.15, 0.2) is 77.7 Å². The van der Waals surface area contributed by atoms with Gasteiger partial charge in [0.05, 0.1) is 4.90 Å². The number of carbonyl (C=O) groups excluding carboxylic acids is 1. The molecule has 0 spiro atoms. The number of benzene rings is 3. The fourth-order valence-electron chi connectivity index (χ4n) is 2.93. The third-order valence-corrected chi connectivity index (χ3v) is 6.25. The molecule has 0 aliphatic heterocycles. The first kappa shape index (κ1) is 21.7. The Hall–Kier alpha value is -2.96. The van der Waals surface area contributed by atoms with E-state index >= 15 is 0 Å². The molecule has 5 nitrogen and oxygen atoms in total. The van der Waals surface area contributed by atoms with Crippen LogP contribution in [-0.4, -0.2) is 20.9 Å². The number of hydrogen-bond donors (Lipinski definition) is 2. The van der Waals surface area contributed by atoms with E-state index in [2.05, 4.69) is 34.3 Å². The highest BCUT2D eigenvalue weighted by Crippen LogP contribution is 2.11. The number of hydrogen-bond acceptors (Lipinski definition) is 3. The summed E-state index contributed by atoms with van der Waals surface area (Å²) in [5.41, 5.74) is 4.72. The van der Waals surface area contributed by atoms with Gasteiger partial charge in [0, 0.05) is 18.7 Å². The molecule has 0 radical (unpaired) electrons. The van der Waals surface area contributed by atoms with Gasteiger partial charge in [-0.25, -0.2) is 13.1 Å². The van der Waals surface area contributed by atoms with E-state index in [4.69, 9.17) is 0 Å². The van der Waals surface area contributed by atoms with Crippen LogP contribution in [0.3, 0.4) is 0 Å². The van der Waals surface area contributed by atoms with Gasteiger partial charge in [-0.15, -0.1) is 0 Å². The van der Waals surface area contributed by atoms with Gasteiger partial charge in [-0.05, 0) is 55.7 Å². The monoisotopic (exact) mass is 422 g/mol. The lowest BCUT2D eigenvalue weighted by Gasteiger charge is -2.09. The fraction of sp³-hybridized carbons (Fsp3) is 0.208. The smallest absolute Gasteiger partial charge is 0.251 e. The van der Waals surface area contributed by atoms with Crippen molar-refractivity contribution in [2.45, 2.75) is 31.7 Å². The zero-order valence-corrected chi connectivity index (χ0v) is 18.0. The van der Waals surface area contributed by atoms with Crippen LogP contribution in [0.1, 0.15) is 32.6 Å². The minimum Gasteiger partial charge on any atom is -0.352 e. The first-order valence-electron chi connectivity index (χ1n) is 9.82. The summed E-state index contributed by atoms with van der Waals surface area (Å²) >= 11 is 0. The highest BCUT2D eigenvalue weighted by Gasteiger charge is 2.13. The van der Waals surface area contributed by atoms with Crippen LogP contribution >= 0.6 is 0 Å². The van der Waals surface area contributed by atoms with Gasteiger partial charge in [0.15, 0.2) is 0 Å². The summed E-state index contributed by atoms with van der Waals surface area (Å²) in [7, 11) is -3.57. The first-order chi connectivity index (χ1) is 14.3. The lowest BCUT2D eigenvalue weighted by molar-refractivity contribution is 0.0954. The summed E-state index contributed by atoms with van der Waals surface area (Å²) < 4.78 is 27.3. The molecule has 0 heterocycles. The van der Waals surface area contributed by atoms with Crippen molar-refractivity contribution in [2.75, 3.05) is 6.54 Å². The summed E-state index contributed by atoms with van der Waals surface area (Å²) in [6.45, 7) is 4.66. The van der Waals surface area contributed by atoms with E-state index in [9.17, 15) is 13.2 Å². The maximum absolute atomic E-state index is 12.4. The maximum atomic E-state index is 12.4. The Morgan fingerprint density at radius 2 is 1.30 bits per heavy atom. The van der Waals surface area contributed by atoms with Crippen molar-refractivity contribution >= 4 is 15.9 Å². The molecule has 0 atom stereocenters. The Bertz CT molecular complexity index is 1090. The summed E-state index contributed by atoms with van der Waals surface area (Å²) in [5.74, 6) is -0.145. The average Bonchev–Trinajstić information content (AvgIpc) is 2.74. The standard InChI is InChI=1S/C24H26N2O3S/c1-18-3-7-20(8-4-18)15-16-25-24(27)22-11-9-21(10-12-22)17-26-30(28,29)23-13-5-19(2)6-14-23/h3-14,26H,15-17H2,1-2H3,(H,25,27). The topological polar surface area (TPSA) is 75.3 Å². The Balaban J connectivity index is 1.50. The van der Waals surface area contributed by atoms with E-state index in [1.54, 1.807) is 48.5 Å². The highest BCUT2D eigenvalue weighted by atomic mass is 32.2. The van der Waals surface area contributed by atoms with Crippen LogP contribution < -0.4 is 10.0 Å². The number of carbonyl (C=O) groups is 1. The molecular weight excluding hydrogens is 396 g/mol. The number of amides is 1. The quantitative estimate of drug-likeness (QED) is 0.580. The van der Waals surface area contributed by atoms with Gasteiger partial charge in [-0.2, -0.15) is 0 Å². The van der Waals surface area contributed by atoms with Gasteiger partial charge < -0.3 is 5.32 Å². The second kappa shape index (κ2) is 9.69. The Kier molecular flexibility index (Phi) is 7.03. The van der Waals surface area contributed by atoms with Gasteiger partial charge in [-0.3, -0.25) is 4.79 Å². The van der Waals surface area contributed by atoms with Gasteiger partial charge >= 0.3 is 0 Å². The van der Waals surface area contributed by atoms with Crippen LogP contribution in [0.2, 0.25) is 0 Å². The molecule has 0 unspecified atom stereocenters. The van der Waals surface area contributed by atoms with Crippen molar-refractivity contribution in [1.29, 1.82) is 0 Å². The van der Waals surface area contributed by atoms with Crippen LogP contribution in [0.5, 0.6) is 0 Å². The molecule has 0 aliphatic carbocycles. The van der Waals surface area contributed by atoms with Crippen LogP contribution in [-0.2, 0) is 23.0 Å². The number of nitrogens with one attached hydrogen (secondary N) is 2. The molecule has 156 valence electrons. The van der Waals surface area contributed by atoms with E-state index in [1.807, 2.05) is 13.8 Å². The predicted molar refractivity (Wildman–Crippen MR) is 119 cm³/mol. The Morgan fingerprint density at radius 3 is 1.90 bits per heavy atom. The van der Waals surface area contributed by atoms with Crippen LogP contribution in [0.25, 0.3) is 0 Å². The van der Waals surface area contributed by atoms with E-state index < -0.39 is 10.0 Å². The molecule has 3 aromatic rings. The molecule has 2 N–H and O–H groups in total. The maximum Gasteiger partial charge on any atom is 0.251 e. The van der Waals surface area contributed by atoms with Crippen molar-refractivity contribution in [3.05, 3.63) is 101 Å². The third-order valence-electron chi connectivity index (χ3n) is 4.83. The summed E-state index contributed by atoms with van der Waals surface area (Å²) in [5, 5.41) is 2.91. The molecule has 6 heteroatoms. The minimum atomic E-state index is -3.57. The summed E-state index contributed by atoms with van der Waals surface area (Å²) in [4.78, 5) is 12.5. The largest absolute Gasteiger partial charge is 0.352 e. The Morgan fingerprint density at radius 1 is 0.767 bits per heavy atom. The molecule has 0 bridgehead atoms. The molecule has 3 rings (SSSR count). The zero-order valence-electron chi connectivity index (χ0n) is 17.2. The second-order valence-electron chi connectivity index (χ2n) is 7.33. The van der Waals surface area contributed by atoms with Gasteiger partial charge in [-0.1, -0.05) is 59.7 Å². The molecule has 0 aromatic heterocycles. The molecule has 0 fully saturated rings. The number of rotatable bonds is 8. The Labute approximate surface area is 178 Å². The SMILES string of the molecule is Cc1ccc(CCNC(=O)c2ccc(CNS(=O)(=O)c3ccc(C)cc3)cc2)cc1. The number of sulfonamides is 1. The van der Waals surface area contributed by atoms with E-state index in [0.717, 1.165) is 17.5 Å². The average molecular weight is 423 g/mol. The molecule has 1 amide bonds. The van der Waals surface area contributed by atoms with E-state index in [0.29, 0.717) is 12.1 Å². The molecule has 0 saturated heterocycles. The van der Waals surface area contributed by atoms with E-state index in [1.165, 1.54) is 11.1 Å². The van der Waals surface area contributed by atoms with Gasteiger partial charge in [0.1, 0.15) is 0 Å². The molecular formula is C24H26N2O3S. The van der Waals surface area contributed by atoms with Crippen molar-refractivity contribution < 1.29 is 13.2 Å². The zero-order chi connectivity index (χ0) is 21.6. The van der Waals surface area contributed by atoms with Crippen LogP contribution in [0.4, 0.5) is 0 Å². The minimum absolute atomic E-state index is 0.145. The van der Waals surface area contributed by atoms with Gasteiger partial charge in [0.2, 0.25) is 10.0 Å². The molecule has 3 aromatic carbocycles. The van der Waals surface area contributed by atoms with Crippen molar-refractivity contribution in [2.24, 2.45) is 0 Å². The van der Waals surface area contributed by atoms with Gasteiger partial charge in [0.25, 0.3) is 5.91 Å². The lowest BCUT2D eigenvalue weighted by Crippen LogP contribution is -2.26. The fourth-order valence-corrected chi connectivity index (χ4v) is 3.95. The lowest BCUT2D eigenvalue weighted by atomic mass is 10.1. The van der Waals surface area contributed by atoms with Crippen molar-refractivity contribution in [3.63, 3.8) is 0 Å². The molecule has 0 saturated carbocycles. The summed E-state index contributed by atoms with van der Waals surface area (Å²) in [6, 6.07) is 21.9. The van der Waals surface area contributed by atoms with Crippen molar-refractivity contribution in [1.82, 2.24) is 10.0 Å². The third kappa shape index (κ3) is 6.02. The molecule has 0 aliphatic rings. The normalized spacial score (nSPS) is 11.3. The first-order valence-corrected chi connectivity index (χ1v) is 11.3. The molecule has 30 heavy (non-hydrogen) atoms. The predicted octanol–water partition coefficient (Wildman–Crippen LogP) is 3.75. The van der Waals surface area contributed by atoms with Crippen molar-refractivity contribution in [3.8, 4) is 0 Å². The van der Waals surface area contributed by atoms with E-state index in [-0.39, 0.29) is 17.3 Å². The van der Waals surface area contributed by atoms with Crippen LogP contribution in [0, 0.1) is 13.8 Å². The highest BCUT2D eigenvalue weighted by molar-refractivity contribution is 7.89. The summed E-state index contributed by atoms with van der Waals surface area (Å²) in [6.07, 6.45) is 0.769. The number of aryl methyl sites for hydroxylation is 2. The second-order valence-corrected chi connectivity index (χ2v) is 9.09.